The van der Waals surface area contributed by atoms with E-state index in [1.54, 1.807) is 0 Å². The van der Waals surface area contributed by atoms with Gasteiger partial charge in [0.25, 0.3) is 5.54 Å². The normalized spacial score (nSPS) is 15.9. The number of nitrogens with zero attached hydrogens (tertiary/aromatic N) is 9. The molecule has 3 aliphatic carbocycles. The van der Waals surface area contributed by atoms with Gasteiger partial charge in [0.2, 0.25) is 12.4 Å². The third kappa shape index (κ3) is 4.55. The van der Waals surface area contributed by atoms with Gasteiger partial charge in [0.05, 0.1) is 50.4 Å². The molecule has 300 valence electrons. The molecule has 0 atom stereocenters. The van der Waals surface area contributed by atoms with E-state index in [9.17, 15) is 0 Å². The molecule has 0 saturated heterocycles. The highest BCUT2D eigenvalue weighted by molar-refractivity contribution is 5.85. The Morgan fingerprint density at radius 1 is 0.391 bits per heavy atom. The van der Waals surface area contributed by atoms with Crippen LogP contribution < -0.4 is 0 Å². The number of pyridine rings is 7. The smallest absolute Gasteiger partial charge is 0.260 e. The van der Waals surface area contributed by atoms with E-state index in [-0.39, 0.29) is 0 Å². The molecule has 0 spiro atoms. The molecule has 0 bridgehead atoms. The van der Waals surface area contributed by atoms with Crippen molar-refractivity contribution in [1.29, 1.82) is 0 Å². The largest absolute Gasteiger partial charge is 0.490 e. The molecule has 0 radical (unpaired) electrons. The Balaban J connectivity index is 1.14. The predicted octanol–water partition coefficient (Wildman–Crippen LogP) is 9.07. The first-order valence-electron chi connectivity index (χ1n) is 21.4. The van der Waals surface area contributed by atoms with Crippen molar-refractivity contribution in [1.82, 2.24) is 34.9 Å². The highest BCUT2D eigenvalue weighted by Gasteiger charge is 2.58. The maximum absolute atomic E-state index is 5.18. The molecular weight excluding hydrogens is 787 g/mol. The second kappa shape index (κ2) is 13.3. The second-order valence-corrected chi connectivity index (χ2v) is 16.9. The number of aromatic nitrogens is 7. The number of rotatable bonds is 6. The van der Waals surface area contributed by atoms with E-state index in [1.165, 1.54) is 0 Å². The SMILES string of the molecule is Cc1ccnc(C2(c3cccc(C4(c5cccc(C6([N+]7=C=[N+](C)C=C7)c7cccnc7-c7ncccc76)c5)c5cccnc5-c5ncccc54)c3)c3cccnc3-c3ncccc32)c1. The molecule has 0 saturated carbocycles. The average Bonchev–Trinajstić information content (AvgIpc) is 4.09. The zero-order chi connectivity index (χ0) is 42.6. The molecule has 8 heterocycles. The summed E-state index contributed by atoms with van der Waals surface area (Å²) >= 11 is 0. The summed E-state index contributed by atoms with van der Waals surface area (Å²) in [6, 6.07) is 51.4. The Hall–Kier alpha value is -8.39. The first-order valence-corrected chi connectivity index (χ1v) is 21.4. The predicted molar refractivity (Wildman–Crippen MR) is 243 cm³/mol. The van der Waals surface area contributed by atoms with Crippen molar-refractivity contribution in [2.24, 2.45) is 0 Å². The lowest BCUT2D eigenvalue weighted by molar-refractivity contribution is -0.533. The Morgan fingerprint density at radius 2 is 0.797 bits per heavy atom. The van der Waals surface area contributed by atoms with E-state index in [0.29, 0.717) is 0 Å². The Bertz CT molecular complexity index is 3430. The third-order valence-electron chi connectivity index (χ3n) is 13.7. The van der Waals surface area contributed by atoms with Crippen LogP contribution in [0.15, 0.2) is 189 Å². The summed E-state index contributed by atoms with van der Waals surface area (Å²) in [5, 5.41) is 0. The molecule has 0 fully saturated rings. The lowest BCUT2D eigenvalue weighted by atomic mass is 9.64. The van der Waals surface area contributed by atoms with Crippen LogP contribution in [-0.4, -0.2) is 57.1 Å². The van der Waals surface area contributed by atoms with Gasteiger partial charge in [-0.2, -0.15) is 0 Å². The van der Waals surface area contributed by atoms with Crippen molar-refractivity contribution in [3.63, 3.8) is 0 Å². The molecule has 64 heavy (non-hydrogen) atoms. The van der Waals surface area contributed by atoms with Gasteiger partial charge in [0.1, 0.15) is 11.4 Å². The first kappa shape index (κ1) is 36.3. The minimum Gasteiger partial charge on any atom is -0.260 e. The highest BCUT2D eigenvalue weighted by Crippen LogP contribution is 2.59. The number of aryl methyl sites for hydroxylation is 1. The minimum absolute atomic E-state index is 0.826. The minimum atomic E-state index is -0.866. The molecule has 13 rings (SSSR count). The molecule has 9 nitrogen and oxygen atoms in total. The summed E-state index contributed by atoms with van der Waals surface area (Å²) in [7, 11) is 2.00. The van der Waals surface area contributed by atoms with Gasteiger partial charge in [0.15, 0.2) is 7.05 Å². The number of fused-ring (bicyclic) bond motifs is 9. The first-order chi connectivity index (χ1) is 31.5. The monoisotopic (exact) mass is 823 g/mol. The molecule has 9 heteroatoms. The third-order valence-corrected chi connectivity index (χ3v) is 13.7. The van der Waals surface area contributed by atoms with Crippen LogP contribution in [0.25, 0.3) is 34.2 Å². The summed E-state index contributed by atoms with van der Waals surface area (Å²) < 4.78 is 4.15. The fourth-order valence-electron chi connectivity index (χ4n) is 11.3. The maximum Gasteiger partial charge on any atom is 0.490 e. The zero-order valence-electron chi connectivity index (χ0n) is 34.9. The number of hydrogen-bond donors (Lipinski definition) is 0. The van der Waals surface area contributed by atoms with Gasteiger partial charge in [-0.3, -0.25) is 34.9 Å². The van der Waals surface area contributed by atoms with Crippen LogP contribution in [0.4, 0.5) is 0 Å². The van der Waals surface area contributed by atoms with Crippen LogP contribution in [0.1, 0.15) is 66.9 Å². The zero-order valence-corrected chi connectivity index (χ0v) is 34.9. The fourth-order valence-corrected chi connectivity index (χ4v) is 11.3. The molecule has 4 aliphatic rings. The van der Waals surface area contributed by atoms with Gasteiger partial charge >= 0.3 is 6.01 Å². The summed E-state index contributed by atoms with van der Waals surface area (Å²) in [6.45, 7) is 2.12. The van der Waals surface area contributed by atoms with Crippen LogP contribution in [0.2, 0.25) is 0 Å². The van der Waals surface area contributed by atoms with E-state index in [2.05, 4.69) is 121 Å². The Morgan fingerprint density at radius 3 is 1.25 bits per heavy atom. The lowest BCUT2D eigenvalue weighted by Gasteiger charge is -2.37. The Kier molecular flexibility index (Phi) is 7.54. The van der Waals surface area contributed by atoms with Crippen molar-refractivity contribution in [2.75, 3.05) is 7.05 Å². The summed E-state index contributed by atoms with van der Waals surface area (Å²) in [4.78, 5) is 35.2. The van der Waals surface area contributed by atoms with Crippen LogP contribution in [-0.2, 0) is 16.4 Å². The molecule has 7 aromatic heterocycles. The average molecular weight is 824 g/mol. The molecule has 0 N–H and O–H groups in total. The maximum atomic E-state index is 5.18. The quantitative estimate of drug-likeness (QED) is 0.155. The van der Waals surface area contributed by atoms with Gasteiger partial charge in [-0.25, -0.2) is 0 Å². The van der Waals surface area contributed by atoms with Crippen molar-refractivity contribution < 1.29 is 9.15 Å². The lowest BCUT2D eigenvalue weighted by Crippen LogP contribution is -2.38. The van der Waals surface area contributed by atoms with Crippen LogP contribution in [0.3, 0.4) is 0 Å². The summed E-state index contributed by atoms with van der Waals surface area (Å²) in [5.41, 5.74) is 15.2. The van der Waals surface area contributed by atoms with Crippen molar-refractivity contribution in [3.05, 3.63) is 256 Å². The number of hydrogen-bond acceptors (Lipinski definition) is 7. The van der Waals surface area contributed by atoms with E-state index >= 15 is 0 Å². The summed E-state index contributed by atoms with van der Waals surface area (Å²) in [6.07, 6.45) is 17.2. The van der Waals surface area contributed by atoms with Crippen molar-refractivity contribution >= 4 is 6.01 Å². The van der Waals surface area contributed by atoms with Crippen molar-refractivity contribution in [3.8, 4) is 34.2 Å². The van der Waals surface area contributed by atoms with Crippen LogP contribution in [0, 0.1) is 6.92 Å². The topological polar surface area (TPSA) is 96.2 Å². The van der Waals surface area contributed by atoms with Gasteiger partial charge in [0, 0.05) is 60.1 Å². The van der Waals surface area contributed by atoms with E-state index in [0.717, 1.165) is 101 Å². The molecule has 1 aliphatic heterocycles. The molecular formula is C55H37N9+2. The summed E-state index contributed by atoms with van der Waals surface area (Å²) in [5.74, 6) is 0. The molecule has 2 aromatic carbocycles. The van der Waals surface area contributed by atoms with E-state index < -0.39 is 16.4 Å². The highest BCUT2D eigenvalue weighted by atomic mass is 15.2. The van der Waals surface area contributed by atoms with Gasteiger partial charge < -0.3 is 0 Å². The second-order valence-electron chi connectivity index (χ2n) is 16.9. The van der Waals surface area contributed by atoms with E-state index in [1.807, 2.05) is 97.6 Å². The Labute approximate surface area is 369 Å². The van der Waals surface area contributed by atoms with Gasteiger partial charge in [-0.15, -0.1) is 0 Å². The van der Waals surface area contributed by atoms with Crippen molar-refractivity contribution in [2.45, 2.75) is 23.3 Å². The molecule has 9 aromatic rings. The number of benzene rings is 2. The molecule has 0 unspecified atom stereocenters. The molecule has 0 amide bonds. The van der Waals surface area contributed by atoms with Crippen LogP contribution in [0.5, 0.6) is 0 Å². The van der Waals surface area contributed by atoms with Gasteiger partial charge in [-0.1, -0.05) is 75.9 Å². The standard InChI is InChI=1S/C55H37N9/c1-35-21-28-56-46(31-35)54(42-17-7-24-59-49(42)50-43(54)18-8-25-60-50)38-13-3-11-36(32-38)53(40-15-5-22-57-47(40)48-41(53)16-6-23-58-48)37-12-4-14-39(33-37)55(64-30-29-63(2)34-64)44-19-9-26-61-51(44)52-45(55)20-10-27-62-52/h3-33H,1-2H3/q+2. The van der Waals surface area contributed by atoms with E-state index in [4.69, 9.17) is 34.9 Å². The van der Waals surface area contributed by atoms with Gasteiger partial charge in [-0.05, 0) is 107 Å². The fraction of sp³-hybridized carbons (Fsp3) is 0.0909. The van der Waals surface area contributed by atoms with Crippen LogP contribution >= 0.6 is 0 Å².